The quantitative estimate of drug-likeness (QED) is 0.308. The smallest absolute Gasteiger partial charge is 0.143 e. The van der Waals surface area contributed by atoms with E-state index in [-0.39, 0.29) is 11.7 Å². The van der Waals surface area contributed by atoms with Crippen molar-refractivity contribution in [1.29, 1.82) is 0 Å². The zero-order valence-corrected chi connectivity index (χ0v) is 21.1. The molecule has 3 aromatic carbocycles. The van der Waals surface area contributed by atoms with E-state index in [1.807, 2.05) is 18.2 Å². The predicted octanol–water partition coefficient (Wildman–Crippen LogP) is 8.58. The highest BCUT2D eigenvalue weighted by Crippen LogP contribution is 2.40. The monoisotopic (exact) mass is 462 g/mol. The van der Waals surface area contributed by atoms with Gasteiger partial charge in [-0.1, -0.05) is 81.1 Å². The third kappa shape index (κ3) is 6.65. The molecule has 1 fully saturated rings. The van der Waals surface area contributed by atoms with Gasteiger partial charge < -0.3 is 0 Å². The lowest BCUT2D eigenvalue weighted by atomic mass is 9.77. The summed E-state index contributed by atoms with van der Waals surface area (Å²) in [6.07, 6.45) is 10.2. The van der Waals surface area contributed by atoms with E-state index in [0.717, 1.165) is 54.4 Å². The second-order valence-electron chi connectivity index (χ2n) is 9.62. The van der Waals surface area contributed by atoms with Gasteiger partial charge in [-0.15, -0.1) is 0 Å². The number of halogens is 1. The molecule has 0 radical (unpaired) electrons. The number of hydrogen-bond acceptors (Lipinski definition) is 0. The summed E-state index contributed by atoms with van der Waals surface area (Å²) in [5.41, 5.74) is 6.58. The van der Waals surface area contributed by atoms with Crippen molar-refractivity contribution in [3.8, 4) is 23.7 Å². The zero-order chi connectivity index (χ0) is 24.5. The molecule has 0 nitrogen and oxygen atoms in total. The van der Waals surface area contributed by atoms with Gasteiger partial charge in [-0.2, -0.15) is 0 Å². The van der Waals surface area contributed by atoms with Gasteiger partial charge in [0.1, 0.15) is 5.82 Å². The summed E-state index contributed by atoms with van der Waals surface area (Å²) in [7, 11) is 0. The van der Waals surface area contributed by atoms with Gasteiger partial charge in [0.25, 0.3) is 0 Å². The highest BCUT2D eigenvalue weighted by Gasteiger charge is 2.26. The lowest BCUT2D eigenvalue weighted by Gasteiger charge is -2.27. The molecule has 0 bridgehead atoms. The third-order valence-corrected chi connectivity index (χ3v) is 6.92. The van der Waals surface area contributed by atoms with Crippen molar-refractivity contribution in [2.75, 3.05) is 0 Å². The van der Waals surface area contributed by atoms with Crippen molar-refractivity contribution in [2.45, 2.75) is 77.6 Å². The summed E-state index contributed by atoms with van der Waals surface area (Å²) in [5.74, 6) is 12.8. The molecule has 0 saturated heterocycles. The molecule has 0 unspecified atom stereocenters. The predicted molar refractivity (Wildman–Crippen MR) is 145 cm³/mol. The van der Waals surface area contributed by atoms with Crippen LogP contribution in [0.15, 0.2) is 60.7 Å². The maximum atomic E-state index is 15.6. The number of hydrogen-bond donors (Lipinski definition) is 0. The van der Waals surface area contributed by atoms with Crippen LogP contribution in [-0.2, 0) is 12.8 Å². The summed E-state index contributed by atoms with van der Waals surface area (Å²) >= 11 is 0. The van der Waals surface area contributed by atoms with Crippen molar-refractivity contribution in [3.05, 3.63) is 105 Å². The van der Waals surface area contributed by atoms with Crippen LogP contribution in [0.1, 0.15) is 104 Å². The first-order chi connectivity index (χ1) is 17.2. The normalized spacial score (nSPS) is 12.8. The minimum atomic E-state index is -0.191. The van der Waals surface area contributed by atoms with Crippen LogP contribution in [0.5, 0.6) is 0 Å². The summed E-state index contributed by atoms with van der Waals surface area (Å²) in [4.78, 5) is 0. The van der Waals surface area contributed by atoms with E-state index in [1.54, 1.807) is 6.07 Å². The molecule has 0 N–H and O–H groups in total. The van der Waals surface area contributed by atoms with Crippen LogP contribution in [0, 0.1) is 29.5 Å². The Morgan fingerprint density at radius 1 is 0.657 bits per heavy atom. The summed E-state index contributed by atoms with van der Waals surface area (Å²) in [5, 5.41) is 0. The molecule has 178 valence electrons. The van der Waals surface area contributed by atoms with Crippen molar-refractivity contribution in [3.63, 3.8) is 0 Å². The molecule has 1 saturated carbocycles. The van der Waals surface area contributed by atoms with Crippen LogP contribution in [-0.4, -0.2) is 0 Å². The van der Waals surface area contributed by atoms with E-state index in [9.17, 15) is 0 Å². The fourth-order valence-electron chi connectivity index (χ4n) is 4.44. The molecule has 0 aliphatic heterocycles. The number of aryl methyl sites for hydroxylation is 2. The Labute approximate surface area is 211 Å². The number of rotatable bonds is 7. The topological polar surface area (TPSA) is 0 Å². The second kappa shape index (κ2) is 12.4. The highest BCUT2D eigenvalue weighted by molar-refractivity contribution is 5.54. The lowest BCUT2D eigenvalue weighted by Crippen LogP contribution is -2.13. The fraction of sp³-hybridized carbons (Fsp3) is 0.353. The Hall–Kier alpha value is -3.29. The maximum Gasteiger partial charge on any atom is 0.143 e. The summed E-state index contributed by atoms with van der Waals surface area (Å²) in [6, 6.07) is 20.5. The average molecular weight is 463 g/mol. The number of unbranched alkanes of at least 4 members (excludes halogenated alkanes) is 2. The van der Waals surface area contributed by atoms with Crippen LogP contribution in [0.25, 0.3) is 0 Å². The van der Waals surface area contributed by atoms with Gasteiger partial charge in [0.05, 0.1) is 5.56 Å². The van der Waals surface area contributed by atoms with Gasteiger partial charge in [0, 0.05) is 22.3 Å². The minimum Gasteiger partial charge on any atom is -0.205 e. The summed E-state index contributed by atoms with van der Waals surface area (Å²) in [6.45, 7) is 4.41. The molecule has 1 aliphatic carbocycles. The third-order valence-electron chi connectivity index (χ3n) is 6.92. The average Bonchev–Trinajstić information content (AvgIpc) is 2.86. The Morgan fingerprint density at radius 2 is 1.14 bits per heavy atom. The molecule has 4 rings (SSSR count). The lowest BCUT2D eigenvalue weighted by molar-refractivity contribution is 0.403. The van der Waals surface area contributed by atoms with Gasteiger partial charge in [0.15, 0.2) is 0 Å². The van der Waals surface area contributed by atoms with E-state index >= 15 is 4.39 Å². The Balaban J connectivity index is 1.56. The fourth-order valence-corrected chi connectivity index (χ4v) is 4.44. The molecule has 0 amide bonds. The van der Waals surface area contributed by atoms with Gasteiger partial charge in [-0.3, -0.25) is 0 Å². The van der Waals surface area contributed by atoms with Gasteiger partial charge in [-0.05, 0) is 92.0 Å². The van der Waals surface area contributed by atoms with Crippen molar-refractivity contribution in [1.82, 2.24) is 0 Å². The molecule has 0 spiro atoms. The standard InChI is InChI=1S/C34H35F/c1-3-5-8-26-12-16-28(17-13-26)20-22-31-24-25-32(34(35)33(31)30-10-7-11-30)23-21-29-18-14-27(15-19-29)9-6-4-2/h12-19,24-25,30H,3-11H2,1-2H3. The highest BCUT2D eigenvalue weighted by atomic mass is 19.1. The van der Waals surface area contributed by atoms with E-state index in [1.165, 1.54) is 36.8 Å². The molecular weight excluding hydrogens is 427 g/mol. The van der Waals surface area contributed by atoms with Crippen molar-refractivity contribution >= 4 is 0 Å². The molecule has 0 atom stereocenters. The van der Waals surface area contributed by atoms with E-state index in [4.69, 9.17) is 0 Å². The van der Waals surface area contributed by atoms with Crippen LogP contribution in [0.2, 0.25) is 0 Å². The Kier molecular flexibility index (Phi) is 8.81. The summed E-state index contributed by atoms with van der Waals surface area (Å²) < 4.78 is 15.6. The SMILES string of the molecule is CCCCc1ccc(C#Cc2ccc(C#Cc3ccc(CCCC)cc3)c(C3CCC3)c2F)cc1. The Bertz CT molecular complexity index is 1240. The Morgan fingerprint density at radius 3 is 1.60 bits per heavy atom. The minimum absolute atomic E-state index is 0.191. The number of benzene rings is 3. The zero-order valence-electron chi connectivity index (χ0n) is 21.1. The molecule has 3 aromatic rings. The molecule has 35 heavy (non-hydrogen) atoms. The van der Waals surface area contributed by atoms with E-state index < -0.39 is 0 Å². The molecule has 1 heteroatoms. The van der Waals surface area contributed by atoms with Crippen molar-refractivity contribution in [2.24, 2.45) is 0 Å². The van der Waals surface area contributed by atoms with Crippen molar-refractivity contribution < 1.29 is 4.39 Å². The second-order valence-corrected chi connectivity index (χ2v) is 9.62. The first kappa shape index (κ1) is 24.8. The van der Waals surface area contributed by atoms with Crippen LogP contribution >= 0.6 is 0 Å². The van der Waals surface area contributed by atoms with Crippen LogP contribution in [0.4, 0.5) is 4.39 Å². The van der Waals surface area contributed by atoms with Gasteiger partial charge in [0.2, 0.25) is 0 Å². The molecule has 0 aromatic heterocycles. The first-order valence-corrected chi connectivity index (χ1v) is 13.2. The van der Waals surface area contributed by atoms with Gasteiger partial charge in [-0.25, -0.2) is 4.39 Å². The van der Waals surface area contributed by atoms with Crippen LogP contribution < -0.4 is 0 Å². The van der Waals surface area contributed by atoms with E-state index in [2.05, 4.69) is 73.9 Å². The van der Waals surface area contributed by atoms with Gasteiger partial charge >= 0.3 is 0 Å². The van der Waals surface area contributed by atoms with Crippen LogP contribution in [0.3, 0.4) is 0 Å². The molecular formula is C34H35F. The van der Waals surface area contributed by atoms with E-state index in [0.29, 0.717) is 5.56 Å². The maximum absolute atomic E-state index is 15.6. The molecule has 1 aliphatic rings. The largest absolute Gasteiger partial charge is 0.205 e. The first-order valence-electron chi connectivity index (χ1n) is 13.2. The molecule has 0 heterocycles.